The molecule has 1 aliphatic rings. The highest BCUT2D eigenvalue weighted by atomic mass is 15.3. The fourth-order valence-corrected chi connectivity index (χ4v) is 3.11. The standard InChI is InChI=1S/C16H23N5/c1-12-8-13(11-18-10-12)16(19-17)9-14-6-7-21(20-14)15-4-2-3-5-15/h6-8,10-11,15-16,19H,2-5,9,17H2,1H3. The van der Waals surface area contributed by atoms with E-state index in [0.717, 1.165) is 23.2 Å². The van der Waals surface area contributed by atoms with E-state index >= 15 is 0 Å². The Morgan fingerprint density at radius 1 is 1.38 bits per heavy atom. The van der Waals surface area contributed by atoms with E-state index in [2.05, 4.69) is 33.4 Å². The third kappa shape index (κ3) is 3.31. The molecule has 0 radical (unpaired) electrons. The molecular formula is C16H23N5. The molecule has 1 atom stereocenters. The lowest BCUT2D eigenvalue weighted by Crippen LogP contribution is -2.30. The second-order valence-electron chi connectivity index (χ2n) is 5.94. The van der Waals surface area contributed by atoms with Gasteiger partial charge in [0.25, 0.3) is 0 Å². The number of hydrogen-bond acceptors (Lipinski definition) is 4. The molecule has 0 aliphatic heterocycles. The van der Waals surface area contributed by atoms with E-state index in [1.165, 1.54) is 25.7 Å². The van der Waals surface area contributed by atoms with Gasteiger partial charge in [0.2, 0.25) is 0 Å². The Hall–Kier alpha value is -1.72. The van der Waals surface area contributed by atoms with Crippen molar-refractivity contribution >= 4 is 0 Å². The zero-order valence-electron chi connectivity index (χ0n) is 12.5. The smallest absolute Gasteiger partial charge is 0.0644 e. The van der Waals surface area contributed by atoms with Gasteiger partial charge in [-0.1, -0.05) is 18.9 Å². The van der Waals surface area contributed by atoms with Crippen molar-refractivity contribution in [2.24, 2.45) is 5.84 Å². The molecule has 112 valence electrons. The lowest BCUT2D eigenvalue weighted by atomic mass is 10.0. The monoisotopic (exact) mass is 285 g/mol. The average molecular weight is 285 g/mol. The first-order valence-corrected chi connectivity index (χ1v) is 7.68. The van der Waals surface area contributed by atoms with Gasteiger partial charge in [0.15, 0.2) is 0 Å². The van der Waals surface area contributed by atoms with Crippen LogP contribution in [0.25, 0.3) is 0 Å². The summed E-state index contributed by atoms with van der Waals surface area (Å²) in [6, 6.07) is 4.85. The molecule has 0 amide bonds. The van der Waals surface area contributed by atoms with Gasteiger partial charge in [0, 0.05) is 25.0 Å². The summed E-state index contributed by atoms with van der Waals surface area (Å²) < 4.78 is 2.13. The van der Waals surface area contributed by atoms with Crippen molar-refractivity contribution < 1.29 is 0 Å². The first-order chi connectivity index (χ1) is 10.3. The minimum absolute atomic E-state index is 0.0457. The van der Waals surface area contributed by atoms with Crippen molar-refractivity contribution in [3.63, 3.8) is 0 Å². The third-order valence-corrected chi connectivity index (χ3v) is 4.28. The lowest BCUT2D eigenvalue weighted by molar-refractivity contribution is 0.457. The molecular weight excluding hydrogens is 262 g/mol. The van der Waals surface area contributed by atoms with Crippen molar-refractivity contribution in [2.45, 2.75) is 51.1 Å². The van der Waals surface area contributed by atoms with Gasteiger partial charge in [-0.3, -0.25) is 20.9 Å². The molecule has 2 aromatic rings. The highest BCUT2D eigenvalue weighted by Crippen LogP contribution is 2.29. The molecule has 1 fully saturated rings. The molecule has 1 unspecified atom stereocenters. The van der Waals surface area contributed by atoms with E-state index in [4.69, 9.17) is 10.9 Å². The van der Waals surface area contributed by atoms with Crippen molar-refractivity contribution in [2.75, 3.05) is 0 Å². The number of hydrazine groups is 1. The van der Waals surface area contributed by atoms with Crippen LogP contribution >= 0.6 is 0 Å². The molecule has 1 saturated carbocycles. The predicted octanol–water partition coefficient (Wildman–Crippen LogP) is 2.45. The van der Waals surface area contributed by atoms with E-state index in [9.17, 15) is 0 Å². The molecule has 5 heteroatoms. The second-order valence-corrected chi connectivity index (χ2v) is 5.94. The summed E-state index contributed by atoms with van der Waals surface area (Å²) in [5, 5.41) is 4.73. The van der Waals surface area contributed by atoms with E-state index in [0.29, 0.717) is 6.04 Å². The maximum atomic E-state index is 5.72. The number of aryl methyl sites for hydroxylation is 1. The quantitative estimate of drug-likeness (QED) is 0.654. The second kappa shape index (κ2) is 6.37. The van der Waals surface area contributed by atoms with Gasteiger partial charge >= 0.3 is 0 Å². The number of aromatic nitrogens is 3. The molecule has 2 heterocycles. The van der Waals surface area contributed by atoms with Crippen LogP contribution in [0, 0.1) is 6.92 Å². The Bertz CT molecular complexity index is 586. The normalized spacial score (nSPS) is 17.2. The zero-order valence-corrected chi connectivity index (χ0v) is 12.5. The highest BCUT2D eigenvalue weighted by molar-refractivity contribution is 5.21. The Labute approximate surface area is 125 Å². The number of nitrogens with two attached hydrogens (primary N) is 1. The van der Waals surface area contributed by atoms with Crippen molar-refractivity contribution in [3.05, 3.63) is 47.5 Å². The molecule has 0 bridgehead atoms. The van der Waals surface area contributed by atoms with E-state index in [-0.39, 0.29) is 6.04 Å². The van der Waals surface area contributed by atoms with Gasteiger partial charge in [-0.2, -0.15) is 5.10 Å². The first kappa shape index (κ1) is 14.2. The summed E-state index contributed by atoms with van der Waals surface area (Å²) in [6.45, 7) is 2.04. The number of nitrogens with zero attached hydrogens (tertiary/aromatic N) is 3. The molecule has 3 N–H and O–H groups in total. The molecule has 0 saturated heterocycles. The fourth-order valence-electron chi connectivity index (χ4n) is 3.11. The summed E-state index contributed by atoms with van der Waals surface area (Å²) >= 11 is 0. The van der Waals surface area contributed by atoms with Gasteiger partial charge in [0.05, 0.1) is 17.8 Å². The van der Waals surface area contributed by atoms with Gasteiger partial charge in [-0.25, -0.2) is 0 Å². The molecule has 21 heavy (non-hydrogen) atoms. The summed E-state index contributed by atoms with van der Waals surface area (Å²) in [5.74, 6) is 5.72. The van der Waals surface area contributed by atoms with Crippen LogP contribution in [0.3, 0.4) is 0 Å². The van der Waals surface area contributed by atoms with Crippen molar-refractivity contribution in [3.8, 4) is 0 Å². The van der Waals surface area contributed by atoms with Crippen LogP contribution in [0.5, 0.6) is 0 Å². The summed E-state index contributed by atoms with van der Waals surface area (Å²) in [4.78, 5) is 4.24. The largest absolute Gasteiger partial charge is 0.271 e. The van der Waals surface area contributed by atoms with E-state index < -0.39 is 0 Å². The third-order valence-electron chi connectivity index (χ3n) is 4.28. The molecule has 3 rings (SSSR count). The number of rotatable bonds is 5. The summed E-state index contributed by atoms with van der Waals surface area (Å²) in [7, 11) is 0. The van der Waals surface area contributed by atoms with Gasteiger partial charge in [-0.15, -0.1) is 0 Å². The van der Waals surface area contributed by atoms with Crippen LogP contribution in [-0.2, 0) is 6.42 Å². The highest BCUT2D eigenvalue weighted by Gasteiger charge is 2.19. The molecule has 0 aromatic carbocycles. The molecule has 5 nitrogen and oxygen atoms in total. The summed E-state index contributed by atoms with van der Waals surface area (Å²) in [6.07, 6.45) is 11.7. The lowest BCUT2D eigenvalue weighted by Gasteiger charge is -2.15. The minimum atomic E-state index is 0.0457. The van der Waals surface area contributed by atoms with Crippen LogP contribution in [0.15, 0.2) is 30.7 Å². The van der Waals surface area contributed by atoms with Gasteiger partial charge in [0.1, 0.15) is 0 Å². The topological polar surface area (TPSA) is 68.8 Å². The van der Waals surface area contributed by atoms with Crippen LogP contribution in [0.2, 0.25) is 0 Å². The van der Waals surface area contributed by atoms with E-state index in [1.807, 2.05) is 19.3 Å². The Balaban J connectivity index is 1.72. The van der Waals surface area contributed by atoms with E-state index in [1.54, 1.807) is 0 Å². The van der Waals surface area contributed by atoms with Crippen LogP contribution < -0.4 is 11.3 Å². The van der Waals surface area contributed by atoms with Gasteiger partial charge < -0.3 is 0 Å². The summed E-state index contributed by atoms with van der Waals surface area (Å²) in [5.41, 5.74) is 6.21. The molecule has 1 aliphatic carbocycles. The number of nitrogens with one attached hydrogen (secondary N) is 1. The number of hydrogen-bond donors (Lipinski definition) is 2. The SMILES string of the molecule is Cc1cncc(C(Cc2ccn(C3CCCC3)n2)NN)c1. The predicted molar refractivity (Wildman–Crippen MR) is 82.5 cm³/mol. The number of pyridine rings is 1. The Morgan fingerprint density at radius 2 is 2.19 bits per heavy atom. The first-order valence-electron chi connectivity index (χ1n) is 7.68. The Kier molecular flexibility index (Phi) is 4.31. The minimum Gasteiger partial charge on any atom is -0.271 e. The zero-order chi connectivity index (χ0) is 14.7. The maximum Gasteiger partial charge on any atom is 0.0644 e. The Morgan fingerprint density at radius 3 is 2.90 bits per heavy atom. The van der Waals surface area contributed by atoms with Crippen LogP contribution in [-0.4, -0.2) is 14.8 Å². The molecule has 2 aromatic heterocycles. The maximum absolute atomic E-state index is 5.72. The van der Waals surface area contributed by atoms with Crippen molar-refractivity contribution in [1.29, 1.82) is 0 Å². The van der Waals surface area contributed by atoms with Crippen molar-refractivity contribution in [1.82, 2.24) is 20.2 Å². The van der Waals surface area contributed by atoms with Gasteiger partial charge in [-0.05, 0) is 37.0 Å². The fraction of sp³-hybridized carbons (Fsp3) is 0.500. The van der Waals surface area contributed by atoms with Crippen LogP contribution in [0.1, 0.15) is 54.6 Å². The van der Waals surface area contributed by atoms with Crippen LogP contribution in [0.4, 0.5) is 0 Å². The average Bonchev–Trinajstić information content (AvgIpc) is 3.15. The molecule has 0 spiro atoms.